The molecule has 8 heteroatoms. The fourth-order valence-electron chi connectivity index (χ4n) is 4.18. The number of aromatic nitrogens is 1. The Labute approximate surface area is 204 Å². The van der Waals surface area contributed by atoms with Gasteiger partial charge < -0.3 is 14.6 Å². The molecule has 0 spiro atoms. The fourth-order valence-corrected chi connectivity index (χ4v) is 4.18. The summed E-state index contributed by atoms with van der Waals surface area (Å²) in [5.41, 5.74) is 6.12. The van der Waals surface area contributed by atoms with Crippen LogP contribution >= 0.6 is 0 Å². The first-order chi connectivity index (χ1) is 17.0. The summed E-state index contributed by atoms with van der Waals surface area (Å²) < 4.78 is 5.36. The summed E-state index contributed by atoms with van der Waals surface area (Å²) in [6.45, 7) is 2.41. The number of nitrogens with zero attached hydrogens (tertiary/aromatic N) is 2. The molecular formula is C27H30N4O4. The van der Waals surface area contributed by atoms with Crippen molar-refractivity contribution in [3.63, 3.8) is 0 Å². The second-order valence-corrected chi connectivity index (χ2v) is 8.86. The van der Waals surface area contributed by atoms with Gasteiger partial charge in [0.25, 0.3) is 5.91 Å². The highest BCUT2D eigenvalue weighted by Crippen LogP contribution is 2.30. The topological polar surface area (TPSA) is 97.9 Å². The van der Waals surface area contributed by atoms with Crippen LogP contribution in [-0.2, 0) is 22.5 Å². The molecule has 1 aromatic heterocycles. The number of amides is 2. The zero-order valence-electron chi connectivity index (χ0n) is 20.0. The lowest BCUT2D eigenvalue weighted by Crippen LogP contribution is -2.34. The summed E-state index contributed by atoms with van der Waals surface area (Å²) in [5.74, 6) is 4.58. The Kier molecular flexibility index (Phi) is 7.70. The van der Waals surface area contributed by atoms with Crippen molar-refractivity contribution in [2.24, 2.45) is 5.92 Å². The normalized spacial score (nSPS) is 16.3. The van der Waals surface area contributed by atoms with Crippen LogP contribution in [0.5, 0.6) is 0 Å². The number of hydrogen-bond acceptors (Lipinski definition) is 5. The monoisotopic (exact) mass is 474 g/mol. The Morgan fingerprint density at radius 2 is 1.86 bits per heavy atom. The maximum atomic E-state index is 11.8. The smallest absolute Gasteiger partial charge is 0.409 e. The first kappa shape index (κ1) is 24.3. The first-order valence-electron chi connectivity index (χ1n) is 11.6. The van der Waals surface area contributed by atoms with E-state index in [-0.39, 0.29) is 12.0 Å². The Balaban J connectivity index is 1.41. The Morgan fingerprint density at radius 1 is 1.09 bits per heavy atom. The van der Waals surface area contributed by atoms with E-state index in [0.717, 1.165) is 29.6 Å². The number of aromatic amines is 1. The zero-order valence-corrected chi connectivity index (χ0v) is 20.0. The van der Waals surface area contributed by atoms with E-state index in [1.807, 2.05) is 36.4 Å². The van der Waals surface area contributed by atoms with Crippen molar-refractivity contribution in [3.8, 4) is 11.8 Å². The highest BCUT2D eigenvalue weighted by atomic mass is 16.6. The molecule has 35 heavy (non-hydrogen) atoms. The highest BCUT2D eigenvalue weighted by molar-refractivity contribution is 5.84. The molecule has 1 heterocycles. The SMILES string of the molecule is CN(C)C(=O)OCCN(CCc1c[nH]c2ccccc12)Cc1ccc(C2C#CC2C(=O)NO)cc1. The van der Waals surface area contributed by atoms with Crippen LogP contribution < -0.4 is 5.48 Å². The van der Waals surface area contributed by atoms with Crippen LogP contribution in [0, 0.1) is 17.8 Å². The maximum absolute atomic E-state index is 11.8. The van der Waals surface area contributed by atoms with E-state index in [9.17, 15) is 9.59 Å². The molecular weight excluding hydrogens is 444 g/mol. The second kappa shape index (κ2) is 11.1. The van der Waals surface area contributed by atoms with Crippen molar-refractivity contribution in [2.75, 3.05) is 33.8 Å². The second-order valence-electron chi connectivity index (χ2n) is 8.86. The van der Waals surface area contributed by atoms with Crippen LogP contribution in [0.3, 0.4) is 0 Å². The molecule has 0 saturated carbocycles. The lowest BCUT2D eigenvalue weighted by atomic mass is 9.79. The molecule has 4 rings (SSSR count). The largest absolute Gasteiger partial charge is 0.448 e. The van der Waals surface area contributed by atoms with E-state index in [2.05, 4.69) is 40.1 Å². The van der Waals surface area contributed by atoms with E-state index >= 15 is 0 Å². The Bertz CT molecular complexity index is 1240. The van der Waals surface area contributed by atoms with Gasteiger partial charge in [-0.2, -0.15) is 0 Å². The van der Waals surface area contributed by atoms with Gasteiger partial charge in [0.05, 0.1) is 5.92 Å². The molecule has 0 saturated heterocycles. The van der Waals surface area contributed by atoms with Crippen molar-refractivity contribution in [3.05, 3.63) is 71.4 Å². The summed E-state index contributed by atoms with van der Waals surface area (Å²) in [6, 6.07) is 16.3. The molecule has 0 bridgehead atoms. The summed E-state index contributed by atoms with van der Waals surface area (Å²) >= 11 is 0. The third kappa shape index (κ3) is 5.83. The van der Waals surface area contributed by atoms with Crippen LogP contribution in [0.25, 0.3) is 10.9 Å². The Morgan fingerprint density at radius 3 is 2.54 bits per heavy atom. The number of fused-ring (bicyclic) bond motifs is 1. The standard InChI is InChI=1S/C27H30N4O4/c1-30(2)27(33)35-16-15-31(14-13-21-17-28-25-6-4-3-5-23(21)25)18-19-7-9-20(10-8-19)22-11-12-24(22)26(32)29-34/h3-10,17,22,24,28,34H,13-16,18H2,1-2H3,(H,29,32). The molecule has 182 valence electrons. The van der Waals surface area contributed by atoms with Crippen molar-refractivity contribution < 1.29 is 19.5 Å². The molecule has 1 aliphatic carbocycles. The number of rotatable bonds is 10. The van der Waals surface area contributed by atoms with Crippen molar-refractivity contribution in [1.82, 2.24) is 20.3 Å². The molecule has 3 N–H and O–H groups in total. The van der Waals surface area contributed by atoms with Gasteiger partial charge in [0.15, 0.2) is 0 Å². The first-order valence-corrected chi connectivity index (χ1v) is 11.6. The predicted octanol–water partition coefficient (Wildman–Crippen LogP) is 3.13. The quantitative estimate of drug-likeness (QED) is 0.238. The molecule has 8 nitrogen and oxygen atoms in total. The number of H-pyrrole nitrogens is 1. The number of carbonyl (C=O) groups excluding carboxylic acids is 2. The maximum Gasteiger partial charge on any atom is 0.409 e. The van der Waals surface area contributed by atoms with E-state index < -0.39 is 11.8 Å². The molecule has 2 aromatic carbocycles. The van der Waals surface area contributed by atoms with E-state index in [0.29, 0.717) is 19.7 Å². The molecule has 2 amide bonds. The Hall–Kier alpha value is -3.80. The number of carbonyl (C=O) groups is 2. The van der Waals surface area contributed by atoms with Gasteiger partial charge in [0, 0.05) is 50.8 Å². The zero-order chi connectivity index (χ0) is 24.8. The summed E-state index contributed by atoms with van der Waals surface area (Å²) in [4.78, 5) is 30.6. The van der Waals surface area contributed by atoms with Crippen molar-refractivity contribution in [1.29, 1.82) is 0 Å². The predicted molar refractivity (Wildman–Crippen MR) is 133 cm³/mol. The molecule has 0 aliphatic heterocycles. The van der Waals surface area contributed by atoms with Gasteiger partial charge in [-0.15, -0.1) is 0 Å². The molecule has 3 aromatic rings. The number of nitrogens with one attached hydrogen (secondary N) is 2. The van der Waals surface area contributed by atoms with Crippen molar-refractivity contribution >= 4 is 22.9 Å². The van der Waals surface area contributed by atoms with E-state index in [1.165, 1.54) is 15.8 Å². The minimum Gasteiger partial charge on any atom is -0.448 e. The lowest BCUT2D eigenvalue weighted by Gasteiger charge is -2.25. The number of ether oxygens (including phenoxy) is 1. The molecule has 2 unspecified atom stereocenters. The third-order valence-corrected chi connectivity index (χ3v) is 6.24. The minimum absolute atomic E-state index is 0.209. The van der Waals surface area contributed by atoms with Crippen LogP contribution in [0.15, 0.2) is 54.7 Å². The average molecular weight is 475 g/mol. The number of para-hydroxylation sites is 1. The van der Waals surface area contributed by atoms with E-state index in [4.69, 9.17) is 9.94 Å². The molecule has 0 fully saturated rings. The molecule has 2 atom stereocenters. The third-order valence-electron chi connectivity index (χ3n) is 6.24. The van der Waals surface area contributed by atoms with Gasteiger partial charge in [-0.25, -0.2) is 10.3 Å². The summed E-state index contributed by atoms with van der Waals surface area (Å²) in [5, 5.41) is 10.1. The fraction of sp³-hybridized carbons (Fsp3) is 0.333. The number of benzene rings is 2. The van der Waals surface area contributed by atoms with Gasteiger partial charge in [-0.05, 0) is 29.2 Å². The van der Waals surface area contributed by atoms with Crippen LogP contribution in [0.4, 0.5) is 4.79 Å². The molecule has 1 aliphatic rings. The minimum atomic E-state index is -0.523. The number of hydrogen-bond donors (Lipinski definition) is 3. The van der Waals surface area contributed by atoms with Crippen LogP contribution in [-0.4, -0.2) is 65.8 Å². The van der Waals surface area contributed by atoms with Gasteiger partial charge in [-0.1, -0.05) is 54.3 Å². The van der Waals surface area contributed by atoms with Gasteiger partial charge in [-0.3, -0.25) is 14.9 Å². The van der Waals surface area contributed by atoms with Crippen LogP contribution in [0.1, 0.15) is 22.6 Å². The highest BCUT2D eigenvalue weighted by Gasteiger charge is 2.32. The summed E-state index contributed by atoms with van der Waals surface area (Å²) in [6.07, 6.45) is 2.57. The lowest BCUT2D eigenvalue weighted by molar-refractivity contribution is -0.132. The average Bonchev–Trinajstić information content (AvgIpc) is 3.25. The number of hydroxylamine groups is 1. The molecule has 0 radical (unpaired) electrons. The van der Waals surface area contributed by atoms with Crippen LogP contribution in [0.2, 0.25) is 0 Å². The van der Waals surface area contributed by atoms with E-state index in [1.54, 1.807) is 19.6 Å². The van der Waals surface area contributed by atoms with Gasteiger partial charge in [0.2, 0.25) is 0 Å². The van der Waals surface area contributed by atoms with Gasteiger partial charge in [0.1, 0.15) is 12.5 Å². The summed E-state index contributed by atoms with van der Waals surface area (Å²) in [7, 11) is 3.33. The van der Waals surface area contributed by atoms with Crippen molar-refractivity contribution in [2.45, 2.75) is 18.9 Å². The van der Waals surface area contributed by atoms with Gasteiger partial charge >= 0.3 is 6.09 Å².